The molecule has 2 heteroatoms. The normalized spacial score (nSPS) is 13.0. The molecule has 0 spiro atoms. The standard InChI is InChI=1S/C16H22N2/c1-6-18-15(11-12-17-5)13-7-9-14(10-8-13)16(2,3)4/h7-12H,5-6H2,1-4H3/b12-11-,18-15?. The average molecular weight is 242 g/mol. The first-order valence-corrected chi connectivity index (χ1v) is 6.26. The highest BCUT2D eigenvalue weighted by Gasteiger charge is 2.13. The number of aliphatic imine (C=N–C) groups is 2. The molecule has 18 heavy (non-hydrogen) atoms. The number of rotatable bonds is 4. The number of hydrogen-bond acceptors (Lipinski definition) is 2. The van der Waals surface area contributed by atoms with Gasteiger partial charge in [-0.05, 0) is 36.3 Å². The van der Waals surface area contributed by atoms with Crippen LogP contribution in [-0.2, 0) is 5.41 Å². The molecule has 0 saturated carbocycles. The second-order valence-corrected chi connectivity index (χ2v) is 5.19. The first-order chi connectivity index (χ1) is 8.49. The minimum Gasteiger partial charge on any atom is -0.285 e. The maximum absolute atomic E-state index is 4.47. The predicted molar refractivity (Wildman–Crippen MR) is 80.9 cm³/mol. The van der Waals surface area contributed by atoms with E-state index in [4.69, 9.17) is 0 Å². The van der Waals surface area contributed by atoms with Crippen LogP contribution in [0.4, 0.5) is 0 Å². The summed E-state index contributed by atoms with van der Waals surface area (Å²) in [5, 5.41) is 0. The lowest BCUT2D eigenvalue weighted by Gasteiger charge is -2.19. The highest BCUT2D eigenvalue weighted by molar-refractivity contribution is 6.08. The molecule has 0 fully saturated rings. The van der Waals surface area contributed by atoms with Gasteiger partial charge in [-0.25, -0.2) is 0 Å². The highest BCUT2D eigenvalue weighted by Crippen LogP contribution is 2.22. The van der Waals surface area contributed by atoms with Crippen LogP contribution in [0.1, 0.15) is 38.8 Å². The topological polar surface area (TPSA) is 24.7 Å². The van der Waals surface area contributed by atoms with Gasteiger partial charge in [-0.1, -0.05) is 45.0 Å². The molecule has 0 aliphatic carbocycles. The van der Waals surface area contributed by atoms with Gasteiger partial charge in [-0.15, -0.1) is 0 Å². The van der Waals surface area contributed by atoms with E-state index in [1.165, 1.54) is 5.56 Å². The Bertz CT molecular complexity index is 445. The molecule has 0 aromatic heterocycles. The van der Waals surface area contributed by atoms with Crippen LogP contribution in [0.15, 0.2) is 46.5 Å². The Kier molecular flexibility index (Phi) is 5.02. The summed E-state index contributed by atoms with van der Waals surface area (Å²) in [5.41, 5.74) is 3.57. The van der Waals surface area contributed by atoms with E-state index in [9.17, 15) is 0 Å². The van der Waals surface area contributed by atoms with Gasteiger partial charge in [0.1, 0.15) is 0 Å². The van der Waals surface area contributed by atoms with Crippen LogP contribution in [-0.4, -0.2) is 19.0 Å². The molecule has 0 heterocycles. The lowest BCUT2D eigenvalue weighted by atomic mass is 9.86. The molecule has 96 valence electrons. The Labute approximate surface area is 110 Å². The monoisotopic (exact) mass is 242 g/mol. The molecule has 0 radical (unpaired) electrons. The van der Waals surface area contributed by atoms with Crippen LogP contribution in [0.3, 0.4) is 0 Å². The fourth-order valence-electron chi connectivity index (χ4n) is 1.67. The predicted octanol–water partition coefficient (Wildman–Crippen LogP) is 4.01. The average Bonchev–Trinajstić information content (AvgIpc) is 2.33. The smallest absolute Gasteiger partial charge is 0.0661 e. The van der Waals surface area contributed by atoms with E-state index in [0.717, 1.165) is 17.8 Å². The van der Waals surface area contributed by atoms with E-state index in [1.807, 2.05) is 13.0 Å². The van der Waals surface area contributed by atoms with Crippen molar-refractivity contribution in [2.24, 2.45) is 9.98 Å². The van der Waals surface area contributed by atoms with Crippen LogP contribution in [0.25, 0.3) is 0 Å². The first kappa shape index (κ1) is 14.4. The molecule has 0 aliphatic rings. The molecule has 0 N–H and O–H groups in total. The Hall–Kier alpha value is -1.70. The van der Waals surface area contributed by atoms with Gasteiger partial charge in [-0.3, -0.25) is 9.98 Å². The van der Waals surface area contributed by atoms with E-state index < -0.39 is 0 Å². The van der Waals surface area contributed by atoms with Gasteiger partial charge in [0, 0.05) is 12.7 Å². The van der Waals surface area contributed by atoms with Crippen molar-refractivity contribution < 1.29 is 0 Å². The molecule has 0 atom stereocenters. The van der Waals surface area contributed by atoms with Gasteiger partial charge < -0.3 is 0 Å². The van der Waals surface area contributed by atoms with Crippen LogP contribution < -0.4 is 0 Å². The number of benzene rings is 1. The molecular formula is C16H22N2. The fraction of sp³-hybridized carbons (Fsp3) is 0.375. The number of hydrogen-bond donors (Lipinski definition) is 0. The molecular weight excluding hydrogens is 220 g/mol. The molecule has 1 rings (SSSR count). The third-order valence-corrected chi connectivity index (χ3v) is 2.71. The van der Waals surface area contributed by atoms with Crippen molar-refractivity contribution >= 4 is 12.4 Å². The van der Waals surface area contributed by atoms with Gasteiger partial charge in [0.15, 0.2) is 0 Å². The quantitative estimate of drug-likeness (QED) is 0.713. The van der Waals surface area contributed by atoms with E-state index >= 15 is 0 Å². The van der Waals surface area contributed by atoms with Crippen molar-refractivity contribution in [2.45, 2.75) is 33.1 Å². The Balaban J connectivity index is 3.05. The third-order valence-electron chi connectivity index (χ3n) is 2.71. The zero-order chi connectivity index (χ0) is 13.6. The lowest BCUT2D eigenvalue weighted by molar-refractivity contribution is 0.590. The second-order valence-electron chi connectivity index (χ2n) is 5.19. The van der Waals surface area contributed by atoms with Crippen molar-refractivity contribution in [3.05, 3.63) is 47.7 Å². The van der Waals surface area contributed by atoms with Gasteiger partial charge in [0.05, 0.1) is 5.71 Å². The SMILES string of the molecule is C=N/C=C\C(=NCC)c1ccc(C(C)(C)C)cc1. The summed E-state index contributed by atoms with van der Waals surface area (Å²) in [7, 11) is 0. The summed E-state index contributed by atoms with van der Waals surface area (Å²) in [5.74, 6) is 0. The van der Waals surface area contributed by atoms with Crippen molar-refractivity contribution in [2.75, 3.05) is 6.54 Å². The largest absolute Gasteiger partial charge is 0.285 e. The summed E-state index contributed by atoms with van der Waals surface area (Å²) in [4.78, 5) is 8.19. The molecule has 0 unspecified atom stereocenters. The van der Waals surface area contributed by atoms with E-state index in [1.54, 1.807) is 6.20 Å². The second kappa shape index (κ2) is 6.29. The molecule has 0 amide bonds. The summed E-state index contributed by atoms with van der Waals surface area (Å²) < 4.78 is 0. The summed E-state index contributed by atoms with van der Waals surface area (Å²) in [6.07, 6.45) is 3.56. The highest BCUT2D eigenvalue weighted by atomic mass is 14.7. The van der Waals surface area contributed by atoms with E-state index in [0.29, 0.717) is 0 Å². The zero-order valence-electron chi connectivity index (χ0n) is 11.8. The van der Waals surface area contributed by atoms with Crippen molar-refractivity contribution in [1.82, 2.24) is 0 Å². The van der Waals surface area contributed by atoms with E-state index in [2.05, 4.69) is 61.7 Å². The minimum absolute atomic E-state index is 0.180. The first-order valence-electron chi connectivity index (χ1n) is 6.26. The van der Waals surface area contributed by atoms with Crippen LogP contribution >= 0.6 is 0 Å². The lowest BCUT2D eigenvalue weighted by Crippen LogP contribution is -2.11. The molecule has 2 nitrogen and oxygen atoms in total. The maximum atomic E-state index is 4.47. The van der Waals surface area contributed by atoms with Gasteiger partial charge >= 0.3 is 0 Å². The summed E-state index contributed by atoms with van der Waals surface area (Å²) in [6, 6.07) is 8.55. The Morgan fingerprint density at radius 2 is 1.83 bits per heavy atom. The van der Waals surface area contributed by atoms with Gasteiger partial charge in [0.25, 0.3) is 0 Å². The molecule has 1 aromatic rings. The summed E-state index contributed by atoms with van der Waals surface area (Å²) >= 11 is 0. The van der Waals surface area contributed by atoms with Crippen molar-refractivity contribution in [3.8, 4) is 0 Å². The van der Waals surface area contributed by atoms with Crippen molar-refractivity contribution in [1.29, 1.82) is 0 Å². The Morgan fingerprint density at radius 1 is 1.22 bits per heavy atom. The molecule has 0 saturated heterocycles. The van der Waals surface area contributed by atoms with Crippen molar-refractivity contribution in [3.63, 3.8) is 0 Å². The molecule has 1 aromatic carbocycles. The Morgan fingerprint density at radius 3 is 2.28 bits per heavy atom. The van der Waals surface area contributed by atoms with E-state index in [-0.39, 0.29) is 5.41 Å². The van der Waals surface area contributed by atoms with Crippen LogP contribution in [0.5, 0.6) is 0 Å². The van der Waals surface area contributed by atoms with Gasteiger partial charge in [0.2, 0.25) is 0 Å². The molecule has 0 bridgehead atoms. The van der Waals surface area contributed by atoms with Crippen LogP contribution in [0, 0.1) is 0 Å². The number of allylic oxidation sites excluding steroid dienone is 1. The zero-order valence-corrected chi connectivity index (χ0v) is 11.8. The fourth-order valence-corrected chi connectivity index (χ4v) is 1.67. The minimum atomic E-state index is 0.180. The number of nitrogens with zero attached hydrogens (tertiary/aromatic N) is 2. The van der Waals surface area contributed by atoms with Gasteiger partial charge in [-0.2, -0.15) is 0 Å². The maximum Gasteiger partial charge on any atom is 0.0661 e. The third kappa shape index (κ3) is 3.95. The van der Waals surface area contributed by atoms with Crippen LogP contribution in [0.2, 0.25) is 0 Å². The molecule has 0 aliphatic heterocycles. The summed E-state index contributed by atoms with van der Waals surface area (Å²) in [6.45, 7) is 12.9.